The van der Waals surface area contributed by atoms with Crippen LogP contribution >= 0.6 is 27.5 Å². The van der Waals surface area contributed by atoms with Crippen LogP contribution in [0.25, 0.3) is 0 Å². The molecule has 0 aliphatic carbocycles. The first kappa shape index (κ1) is 13.6. The van der Waals surface area contributed by atoms with Gasteiger partial charge in [0.15, 0.2) is 0 Å². The number of aryl methyl sites for hydroxylation is 1. The number of hydrogen-bond acceptors (Lipinski definition) is 0. The van der Waals surface area contributed by atoms with Crippen molar-refractivity contribution in [2.45, 2.75) is 18.2 Å². The number of alkyl halides is 1. The summed E-state index contributed by atoms with van der Waals surface area (Å²) < 4.78 is 13.1. The van der Waals surface area contributed by atoms with Gasteiger partial charge in [0, 0.05) is 9.85 Å². The Morgan fingerprint density at radius 2 is 2.00 bits per heavy atom. The molecule has 1 unspecified atom stereocenters. The fourth-order valence-corrected chi connectivity index (χ4v) is 3.14. The van der Waals surface area contributed by atoms with Crippen LogP contribution in [0.1, 0.15) is 21.5 Å². The van der Waals surface area contributed by atoms with E-state index in [-0.39, 0.29) is 10.6 Å². The molecular weight excluding hydrogens is 315 g/mol. The topological polar surface area (TPSA) is 0 Å². The lowest BCUT2D eigenvalue weighted by molar-refractivity contribution is 0.625. The highest BCUT2D eigenvalue weighted by molar-refractivity contribution is 9.09. The highest BCUT2D eigenvalue weighted by Gasteiger charge is 2.12. The molecule has 0 nitrogen and oxygen atoms in total. The van der Waals surface area contributed by atoms with Crippen molar-refractivity contribution in [3.05, 3.63) is 70.0 Å². The van der Waals surface area contributed by atoms with E-state index in [2.05, 4.69) is 15.9 Å². The molecule has 2 rings (SSSR count). The van der Waals surface area contributed by atoms with Crippen molar-refractivity contribution in [1.29, 1.82) is 0 Å². The van der Waals surface area contributed by atoms with Crippen LogP contribution in [0.3, 0.4) is 0 Å². The van der Waals surface area contributed by atoms with E-state index in [1.165, 1.54) is 6.07 Å². The average molecular weight is 328 g/mol. The van der Waals surface area contributed by atoms with E-state index >= 15 is 0 Å². The van der Waals surface area contributed by atoms with Crippen LogP contribution in [0.2, 0.25) is 5.02 Å². The Morgan fingerprint density at radius 3 is 2.67 bits per heavy atom. The molecule has 0 heterocycles. The Labute approximate surface area is 120 Å². The van der Waals surface area contributed by atoms with Crippen LogP contribution in [0.15, 0.2) is 42.5 Å². The van der Waals surface area contributed by atoms with Gasteiger partial charge in [-0.25, -0.2) is 4.39 Å². The van der Waals surface area contributed by atoms with Gasteiger partial charge in [-0.2, -0.15) is 0 Å². The second-order valence-corrected chi connectivity index (χ2v) is 5.84. The fraction of sp³-hybridized carbons (Fsp3) is 0.200. The van der Waals surface area contributed by atoms with Gasteiger partial charge >= 0.3 is 0 Å². The van der Waals surface area contributed by atoms with Crippen LogP contribution < -0.4 is 0 Å². The largest absolute Gasteiger partial charge is 0.207 e. The predicted molar refractivity (Wildman–Crippen MR) is 78.0 cm³/mol. The maximum Gasteiger partial charge on any atom is 0.123 e. The summed E-state index contributed by atoms with van der Waals surface area (Å²) in [5.41, 5.74) is 3.12. The van der Waals surface area contributed by atoms with Gasteiger partial charge in [-0.1, -0.05) is 51.8 Å². The smallest absolute Gasteiger partial charge is 0.123 e. The van der Waals surface area contributed by atoms with E-state index in [4.69, 9.17) is 11.6 Å². The summed E-state index contributed by atoms with van der Waals surface area (Å²) >= 11 is 9.83. The minimum atomic E-state index is -0.206. The first-order valence-corrected chi connectivity index (χ1v) is 7.00. The molecule has 0 bridgehead atoms. The summed E-state index contributed by atoms with van der Waals surface area (Å²) in [4.78, 5) is 0.0902. The molecule has 0 radical (unpaired) electrons. The maximum atomic E-state index is 13.1. The van der Waals surface area contributed by atoms with E-state index in [0.29, 0.717) is 6.42 Å². The number of benzene rings is 2. The van der Waals surface area contributed by atoms with Crippen molar-refractivity contribution in [3.8, 4) is 0 Å². The quantitative estimate of drug-likeness (QED) is 0.656. The summed E-state index contributed by atoms with van der Waals surface area (Å²) in [6.07, 6.45) is 0.709. The molecule has 0 aliphatic heterocycles. The number of rotatable bonds is 3. The maximum absolute atomic E-state index is 13.1. The van der Waals surface area contributed by atoms with E-state index < -0.39 is 0 Å². The van der Waals surface area contributed by atoms with Gasteiger partial charge in [0.05, 0.1) is 0 Å². The van der Waals surface area contributed by atoms with Crippen molar-refractivity contribution in [2.24, 2.45) is 0 Å². The van der Waals surface area contributed by atoms with Crippen molar-refractivity contribution >= 4 is 27.5 Å². The zero-order valence-corrected chi connectivity index (χ0v) is 12.3. The molecule has 18 heavy (non-hydrogen) atoms. The molecule has 0 aromatic heterocycles. The van der Waals surface area contributed by atoms with Crippen LogP contribution in [-0.4, -0.2) is 0 Å². The van der Waals surface area contributed by atoms with Gasteiger partial charge in [-0.05, 0) is 48.2 Å². The SMILES string of the molecule is Cc1ccc(C(Br)Cc2cccc(F)c2)c(Cl)c1. The second kappa shape index (κ2) is 5.85. The third kappa shape index (κ3) is 3.33. The molecule has 0 spiro atoms. The Balaban J connectivity index is 2.19. The lowest BCUT2D eigenvalue weighted by Gasteiger charge is -2.12. The first-order valence-electron chi connectivity index (χ1n) is 5.71. The van der Waals surface area contributed by atoms with Crippen LogP contribution in [-0.2, 0) is 6.42 Å². The molecule has 0 saturated heterocycles. The predicted octanol–water partition coefficient (Wildman–Crippen LogP) is 5.47. The average Bonchev–Trinajstić information content (AvgIpc) is 2.28. The highest BCUT2D eigenvalue weighted by Crippen LogP contribution is 2.32. The van der Waals surface area contributed by atoms with Gasteiger partial charge in [-0.15, -0.1) is 0 Å². The molecule has 0 amide bonds. The zero-order chi connectivity index (χ0) is 13.1. The molecule has 0 N–H and O–H groups in total. The molecule has 0 fully saturated rings. The second-order valence-electron chi connectivity index (χ2n) is 4.33. The zero-order valence-electron chi connectivity index (χ0n) is 9.96. The third-order valence-corrected chi connectivity index (χ3v) is 3.94. The van der Waals surface area contributed by atoms with Gasteiger partial charge < -0.3 is 0 Å². The minimum Gasteiger partial charge on any atom is -0.207 e. The summed E-state index contributed by atoms with van der Waals surface area (Å²) in [5.74, 6) is -0.206. The lowest BCUT2D eigenvalue weighted by Crippen LogP contribution is -1.97. The van der Waals surface area contributed by atoms with Gasteiger partial charge in [0.2, 0.25) is 0 Å². The summed E-state index contributed by atoms with van der Waals surface area (Å²) in [7, 11) is 0. The Hall–Kier alpha value is -0.860. The van der Waals surface area contributed by atoms with E-state index in [1.54, 1.807) is 12.1 Å². The molecule has 94 valence electrons. The fourth-order valence-electron chi connectivity index (χ4n) is 1.87. The van der Waals surface area contributed by atoms with Crippen molar-refractivity contribution in [2.75, 3.05) is 0 Å². The third-order valence-electron chi connectivity index (χ3n) is 2.80. The van der Waals surface area contributed by atoms with Gasteiger partial charge in [0.1, 0.15) is 5.82 Å². The Morgan fingerprint density at radius 1 is 1.22 bits per heavy atom. The summed E-state index contributed by atoms with van der Waals surface area (Å²) in [6, 6.07) is 12.6. The number of hydrogen-bond donors (Lipinski definition) is 0. The monoisotopic (exact) mass is 326 g/mol. The van der Waals surface area contributed by atoms with Crippen molar-refractivity contribution in [3.63, 3.8) is 0 Å². The molecule has 3 heteroatoms. The molecule has 0 aliphatic rings. The van der Waals surface area contributed by atoms with Crippen molar-refractivity contribution in [1.82, 2.24) is 0 Å². The van der Waals surface area contributed by atoms with E-state index in [0.717, 1.165) is 21.7 Å². The van der Waals surface area contributed by atoms with Crippen molar-refractivity contribution < 1.29 is 4.39 Å². The standard InChI is InChI=1S/C15H13BrClF/c1-10-5-6-13(15(17)7-10)14(16)9-11-3-2-4-12(18)8-11/h2-8,14H,9H2,1H3. The molecular formula is C15H13BrClF. The summed E-state index contributed by atoms with van der Waals surface area (Å²) in [6.45, 7) is 2.01. The summed E-state index contributed by atoms with van der Waals surface area (Å²) in [5, 5.41) is 0.744. The van der Waals surface area contributed by atoms with E-state index in [9.17, 15) is 4.39 Å². The molecule has 1 atom stereocenters. The molecule has 2 aromatic rings. The van der Waals surface area contributed by atoms with Gasteiger partial charge in [0.25, 0.3) is 0 Å². The van der Waals surface area contributed by atoms with E-state index in [1.807, 2.05) is 31.2 Å². The minimum absolute atomic E-state index is 0.0902. The normalized spacial score (nSPS) is 12.4. The van der Waals surface area contributed by atoms with Crippen LogP contribution in [0.4, 0.5) is 4.39 Å². The highest BCUT2D eigenvalue weighted by atomic mass is 79.9. The van der Waals surface area contributed by atoms with Crippen LogP contribution in [0, 0.1) is 12.7 Å². The van der Waals surface area contributed by atoms with Crippen LogP contribution in [0.5, 0.6) is 0 Å². The lowest BCUT2D eigenvalue weighted by atomic mass is 10.0. The molecule has 0 saturated carbocycles. The number of halogens is 3. The van der Waals surface area contributed by atoms with Gasteiger partial charge in [-0.3, -0.25) is 0 Å². The molecule has 2 aromatic carbocycles. The first-order chi connectivity index (χ1) is 8.56. The Kier molecular flexibility index (Phi) is 4.41. The Bertz CT molecular complexity index is 554.